The molecule has 2 heterocycles. The van der Waals surface area contributed by atoms with Gasteiger partial charge in [0.15, 0.2) is 0 Å². The van der Waals surface area contributed by atoms with E-state index in [0.717, 1.165) is 11.3 Å². The maximum absolute atomic E-state index is 12.2. The van der Waals surface area contributed by atoms with E-state index in [1.54, 1.807) is 32.9 Å². The minimum absolute atomic E-state index is 0.136. The summed E-state index contributed by atoms with van der Waals surface area (Å²) in [5.41, 5.74) is 1.79. The quantitative estimate of drug-likeness (QED) is 0.530. The number of nitrogens with zero attached hydrogens (tertiary/aromatic N) is 2. The first-order valence-electron chi connectivity index (χ1n) is 10.2. The Bertz CT molecular complexity index is 1010. The molecule has 1 aromatic carbocycles. The van der Waals surface area contributed by atoms with Crippen LogP contribution < -0.4 is 15.4 Å². The molecule has 0 bridgehead atoms. The molecule has 31 heavy (non-hydrogen) atoms. The summed E-state index contributed by atoms with van der Waals surface area (Å²) >= 11 is 0. The summed E-state index contributed by atoms with van der Waals surface area (Å²) in [5, 5.41) is 5.49. The van der Waals surface area contributed by atoms with Crippen molar-refractivity contribution in [3.8, 4) is 5.75 Å². The van der Waals surface area contributed by atoms with Gasteiger partial charge in [-0.15, -0.1) is 0 Å². The molecule has 3 rings (SSSR count). The van der Waals surface area contributed by atoms with Gasteiger partial charge >= 0.3 is 6.09 Å². The van der Waals surface area contributed by atoms with E-state index >= 15 is 0 Å². The Hall–Kier alpha value is -3.55. The number of amides is 2. The Morgan fingerprint density at radius 2 is 1.97 bits per heavy atom. The lowest BCUT2D eigenvalue weighted by molar-refractivity contribution is -0.116. The molecular weight excluding hydrogens is 396 g/mol. The fourth-order valence-electron chi connectivity index (χ4n) is 2.85. The van der Waals surface area contributed by atoms with Crippen LogP contribution in [0.15, 0.2) is 54.9 Å². The largest absolute Gasteiger partial charge is 0.487 e. The van der Waals surface area contributed by atoms with E-state index in [1.807, 2.05) is 47.1 Å². The van der Waals surface area contributed by atoms with Crippen LogP contribution in [-0.4, -0.2) is 33.5 Å². The molecule has 0 atom stereocenters. The molecule has 2 N–H and O–H groups in total. The number of pyridine rings is 1. The first-order chi connectivity index (χ1) is 14.8. The summed E-state index contributed by atoms with van der Waals surface area (Å²) in [6, 6.07) is 13.0. The molecule has 2 amide bonds. The maximum Gasteiger partial charge on any atom is 0.407 e. The van der Waals surface area contributed by atoms with Crippen LogP contribution in [0.2, 0.25) is 0 Å². The number of imidazole rings is 1. The van der Waals surface area contributed by atoms with Crippen LogP contribution in [0.3, 0.4) is 0 Å². The Balaban J connectivity index is 1.42. The molecule has 0 aliphatic heterocycles. The number of anilines is 1. The zero-order chi connectivity index (χ0) is 22.3. The highest BCUT2D eigenvalue weighted by Gasteiger charge is 2.15. The number of ether oxygens (including phenoxy) is 2. The Labute approximate surface area is 181 Å². The highest BCUT2D eigenvalue weighted by Crippen LogP contribution is 2.19. The second kappa shape index (κ2) is 9.97. The highest BCUT2D eigenvalue weighted by atomic mass is 16.6. The molecule has 3 aromatic rings. The normalized spacial score (nSPS) is 11.2. The molecule has 8 nitrogen and oxygen atoms in total. The summed E-state index contributed by atoms with van der Waals surface area (Å²) in [5.74, 6) is 0.505. The predicted octanol–water partition coefficient (Wildman–Crippen LogP) is 4.16. The standard InChI is InChI=1S/C23H28N4O4/c1-23(2,3)31-22(29)24-12-7-11-21(28)26-17-8-6-9-19(14-17)30-16-18-15-27-13-5-4-10-20(27)25-18/h4-6,8-10,13-15H,7,11-12,16H2,1-3H3,(H,24,29)(H,26,28). The molecule has 2 aromatic heterocycles. The smallest absolute Gasteiger partial charge is 0.407 e. The number of carbonyl (C=O) groups excluding carboxylic acids is 2. The number of hydrogen-bond acceptors (Lipinski definition) is 5. The van der Waals surface area contributed by atoms with Crippen molar-refractivity contribution in [3.63, 3.8) is 0 Å². The van der Waals surface area contributed by atoms with E-state index in [4.69, 9.17) is 9.47 Å². The summed E-state index contributed by atoms with van der Waals surface area (Å²) < 4.78 is 12.9. The monoisotopic (exact) mass is 424 g/mol. The van der Waals surface area contributed by atoms with Gasteiger partial charge < -0.3 is 24.5 Å². The van der Waals surface area contributed by atoms with E-state index in [9.17, 15) is 9.59 Å². The lowest BCUT2D eigenvalue weighted by Crippen LogP contribution is -2.33. The van der Waals surface area contributed by atoms with Gasteiger partial charge in [0.05, 0.1) is 5.69 Å². The average molecular weight is 425 g/mol. The fourth-order valence-corrected chi connectivity index (χ4v) is 2.85. The summed E-state index contributed by atoms with van der Waals surface area (Å²) in [4.78, 5) is 28.3. The van der Waals surface area contributed by atoms with Crippen LogP contribution in [-0.2, 0) is 16.1 Å². The van der Waals surface area contributed by atoms with Gasteiger partial charge in [-0.05, 0) is 51.5 Å². The summed E-state index contributed by atoms with van der Waals surface area (Å²) in [7, 11) is 0. The van der Waals surface area contributed by atoms with Crippen molar-refractivity contribution in [2.45, 2.75) is 45.8 Å². The van der Waals surface area contributed by atoms with Crippen LogP contribution in [0.1, 0.15) is 39.3 Å². The molecule has 0 aliphatic carbocycles. The SMILES string of the molecule is CC(C)(C)OC(=O)NCCCC(=O)Nc1cccc(OCc2cn3ccccc3n2)c1. The molecule has 8 heteroatoms. The van der Waals surface area contributed by atoms with Gasteiger partial charge in [-0.1, -0.05) is 12.1 Å². The molecule has 0 saturated heterocycles. The molecule has 0 aliphatic rings. The van der Waals surface area contributed by atoms with Crippen molar-refractivity contribution in [1.82, 2.24) is 14.7 Å². The van der Waals surface area contributed by atoms with Gasteiger partial charge in [-0.25, -0.2) is 9.78 Å². The first-order valence-corrected chi connectivity index (χ1v) is 10.2. The van der Waals surface area contributed by atoms with Crippen LogP contribution in [0.25, 0.3) is 5.65 Å². The summed E-state index contributed by atoms with van der Waals surface area (Å²) in [6.07, 6.45) is 4.16. The number of carbonyl (C=O) groups is 2. The number of aromatic nitrogens is 2. The third-order valence-corrected chi connectivity index (χ3v) is 4.17. The van der Waals surface area contributed by atoms with E-state index in [2.05, 4.69) is 15.6 Å². The van der Waals surface area contributed by atoms with Gasteiger partial charge in [-0.3, -0.25) is 4.79 Å². The molecule has 0 saturated carbocycles. The lowest BCUT2D eigenvalue weighted by Gasteiger charge is -2.19. The topological polar surface area (TPSA) is 94.0 Å². The predicted molar refractivity (Wildman–Crippen MR) is 118 cm³/mol. The minimum atomic E-state index is -0.542. The Morgan fingerprint density at radius 3 is 2.74 bits per heavy atom. The third-order valence-electron chi connectivity index (χ3n) is 4.17. The van der Waals surface area contributed by atoms with Gasteiger partial charge in [-0.2, -0.15) is 0 Å². The van der Waals surface area contributed by atoms with E-state index in [1.165, 1.54) is 0 Å². The van der Waals surface area contributed by atoms with Crippen molar-refractivity contribution in [3.05, 3.63) is 60.6 Å². The van der Waals surface area contributed by atoms with Crippen LogP contribution >= 0.6 is 0 Å². The molecular formula is C23H28N4O4. The van der Waals surface area contributed by atoms with Crippen molar-refractivity contribution >= 4 is 23.3 Å². The van der Waals surface area contributed by atoms with Crippen LogP contribution in [0.4, 0.5) is 10.5 Å². The van der Waals surface area contributed by atoms with Crippen LogP contribution in [0.5, 0.6) is 5.75 Å². The number of rotatable bonds is 8. The second-order valence-corrected chi connectivity index (χ2v) is 8.10. The molecule has 0 spiro atoms. The van der Waals surface area contributed by atoms with Crippen LogP contribution in [0, 0.1) is 0 Å². The van der Waals surface area contributed by atoms with Crippen molar-refractivity contribution in [1.29, 1.82) is 0 Å². The lowest BCUT2D eigenvalue weighted by atomic mass is 10.2. The second-order valence-electron chi connectivity index (χ2n) is 8.10. The van der Waals surface area contributed by atoms with E-state index in [-0.39, 0.29) is 12.3 Å². The highest BCUT2D eigenvalue weighted by molar-refractivity contribution is 5.90. The molecule has 0 unspecified atom stereocenters. The molecule has 164 valence electrons. The zero-order valence-electron chi connectivity index (χ0n) is 18.1. The number of fused-ring (bicyclic) bond motifs is 1. The minimum Gasteiger partial charge on any atom is -0.487 e. The number of hydrogen-bond donors (Lipinski definition) is 2. The van der Waals surface area contributed by atoms with Gasteiger partial charge in [0.1, 0.15) is 23.6 Å². The molecule has 0 fully saturated rings. The van der Waals surface area contributed by atoms with Gasteiger partial charge in [0.2, 0.25) is 5.91 Å². The fraction of sp³-hybridized carbons (Fsp3) is 0.348. The molecule has 0 radical (unpaired) electrons. The van der Waals surface area contributed by atoms with Crippen molar-refractivity contribution in [2.75, 3.05) is 11.9 Å². The van der Waals surface area contributed by atoms with Gasteiger partial charge in [0.25, 0.3) is 0 Å². The number of alkyl carbamates (subject to hydrolysis) is 1. The number of benzene rings is 1. The van der Waals surface area contributed by atoms with Crippen molar-refractivity contribution < 1.29 is 19.1 Å². The number of nitrogens with one attached hydrogen (secondary N) is 2. The van der Waals surface area contributed by atoms with E-state index in [0.29, 0.717) is 31.0 Å². The third kappa shape index (κ3) is 7.33. The maximum atomic E-state index is 12.2. The van der Waals surface area contributed by atoms with Crippen molar-refractivity contribution in [2.24, 2.45) is 0 Å². The zero-order valence-corrected chi connectivity index (χ0v) is 18.1. The Morgan fingerprint density at radius 1 is 1.13 bits per heavy atom. The van der Waals surface area contributed by atoms with E-state index < -0.39 is 11.7 Å². The summed E-state index contributed by atoms with van der Waals surface area (Å²) in [6.45, 7) is 6.10. The first kappa shape index (κ1) is 22.1. The van der Waals surface area contributed by atoms with Gasteiger partial charge in [0, 0.05) is 37.1 Å². The Kier molecular flexibility index (Phi) is 7.12. The average Bonchev–Trinajstić information content (AvgIpc) is 3.12.